The molecule has 0 radical (unpaired) electrons. The molecule has 2 aromatic rings. The van der Waals surface area contributed by atoms with Gasteiger partial charge in [-0.25, -0.2) is 0 Å². The van der Waals surface area contributed by atoms with Gasteiger partial charge in [0.2, 0.25) is 0 Å². The van der Waals surface area contributed by atoms with Gasteiger partial charge in [0.25, 0.3) is 0 Å². The Bertz CT molecular complexity index is 1480. The molecule has 0 aliphatic heterocycles. The van der Waals surface area contributed by atoms with E-state index < -0.39 is 0 Å². The molecule has 3 heteroatoms. The molecule has 191 valence electrons. The van der Waals surface area contributed by atoms with Gasteiger partial charge in [0, 0.05) is 0 Å². The molecule has 0 nitrogen and oxygen atoms in total. The van der Waals surface area contributed by atoms with Crippen LogP contribution in [0.15, 0.2) is 36.4 Å². The molecule has 0 spiro atoms. The molecule has 2 aliphatic carbocycles. The van der Waals surface area contributed by atoms with Gasteiger partial charge in [-0.1, -0.05) is 0 Å². The van der Waals surface area contributed by atoms with Gasteiger partial charge in [0.1, 0.15) is 0 Å². The van der Waals surface area contributed by atoms with Gasteiger partial charge in [-0.3, -0.25) is 0 Å². The van der Waals surface area contributed by atoms with E-state index in [9.17, 15) is 0 Å². The van der Waals surface area contributed by atoms with Crippen molar-refractivity contribution in [3.05, 3.63) is 85.1 Å². The maximum atomic E-state index is 2.49. The predicted molar refractivity (Wildman–Crippen MR) is 145 cm³/mol. The van der Waals surface area contributed by atoms with Crippen molar-refractivity contribution in [1.82, 2.24) is 0 Å². The van der Waals surface area contributed by atoms with Crippen LogP contribution in [0.4, 0.5) is 0 Å². The number of fused-ring (bicyclic) bond motifs is 2. The third kappa shape index (κ3) is 5.19. The van der Waals surface area contributed by atoms with Gasteiger partial charge in [-0.2, -0.15) is 0 Å². The quantitative estimate of drug-likeness (QED) is 0.466. The van der Waals surface area contributed by atoms with E-state index >= 15 is 0 Å². The van der Waals surface area contributed by atoms with Crippen LogP contribution in [-0.4, -0.2) is 0 Å². The summed E-state index contributed by atoms with van der Waals surface area (Å²) in [5.41, 5.74) is 10.7. The van der Waals surface area contributed by atoms with Gasteiger partial charge in [-0.15, -0.1) is 0 Å². The Morgan fingerprint density at radius 2 is 1.33 bits per heavy atom. The summed E-state index contributed by atoms with van der Waals surface area (Å²) in [7, 11) is 0. The largest absolute Gasteiger partial charge is 1.00 e. The zero-order valence-corrected chi connectivity index (χ0v) is 27.9. The van der Waals surface area contributed by atoms with Crippen molar-refractivity contribution in [2.75, 3.05) is 0 Å². The van der Waals surface area contributed by atoms with Crippen LogP contribution in [0.5, 0.6) is 0 Å². The summed E-state index contributed by atoms with van der Waals surface area (Å²) in [6, 6.07) is 7.29. The Hall–Kier alpha value is -0.877. The second kappa shape index (κ2) is 10.4. The average molecular weight is 600 g/mol. The fourth-order valence-electron chi connectivity index (χ4n) is 5.79. The van der Waals surface area contributed by atoms with E-state index in [0.29, 0.717) is 0 Å². The maximum Gasteiger partial charge on any atom is -1.00 e. The number of allylic oxidation sites excluding steroid dienone is 4. The van der Waals surface area contributed by atoms with Crippen LogP contribution in [0.1, 0.15) is 110 Å². The molecule has 36 heavy (non-hydrogen) atoms. The molecular weight excluding hydrogens is 558 g/mol. The monoisotopic (exact) mass is 597 g/mol. The van der Waals surface area contributed by atoms with E-state index in [0.717, 1.165) is 6.42 Å². The van der Waals surface area contributed by atoms with Crippen molar-refractivity contribution in [3.63, 3.8) is 0 Å². The molecular formula is C33H41Cl2Zr. The van der Waals surface area contributed by atoms with Crippen molar-refractivity contribution in [2.24, 2.45) is 0 Å². The molecule has 0 fully saturated rings. The Morgan fingerprint density at radius 1 is 0.750 bits per heavy atom. The smallest absolute Gasteiger partial charge is 1.00 e. The second-order valence-corrected chi connectivity index (χ2v) is 14.7. The number of benzene rings is 2. The Balaban J connectivity index is 0.00000228. The molecule has 0 bridgehead atoms. The second-order valence-electron chi connectivity index (χ2n) is 13.5. The van der Waals surface area contributed by atoms with E-state index in [1.54, 1.807) is 5.56 Å². The number of hydrogen-bond acceptors (Lipinski definition) is 0. The Labute approximate surface area is 246 Å². The Morgan fingerprint density at radius 3 is 1.78 bits per heavy atom. The van der Waals surface area contributed by atoms with Gasteiger partial charge in [-0.05, 0) is 0 Å². The van der Waals surface area contributed by atoms with Crippen LogP contribution in [-0.2, 0) is 41.0 Å². The number of halogens is 2. The number of rotatable bonds is 1. The van der Waals surface area contributed by atoms with Crippen LogP contribution >= 0.6 is 0 Å². The maximum absolute atomic E-state index is 2.49. The molecule has 0 saturated heterocycles. The van der Waals surface area contributed by atoms with Gasteiger partial charge in [0.05, 0.1) is 0 Å². The predicted octanol–water partition coefficient (Wildman–Crippen LogP) is 1.42. The summed E-state index contributed by atoms with van der Waals surface area (Å²) >= 11 is 1.50. The van der Waals surface area contributed by atoms with E-state index in [1.165, 1.54) is 82.3 Å². The SMILES string of the molecule is CC(C)=c1c(C(C)(C)C)c(C(C)(C)C)c(C2=CC=CC2)c2c1=c1ccc(C(C)(C)C)cc1=[C]2[Zr+2].[Cl-].[Cl-]. The first-order valence-electron chi connectivity index (χ1n) is 12.7. The summed E-state index contributed by atoms with van der Waals surface area (Å²) in [5.74, 6) is 0. The van der Waals surface area contributed by atoms with Crippen molar-refractivity contribution in [3.8, 4) is 0 Å². The van der Waals surface area contributed by atoms with E-state index in [2.05, 4.69) is 113 Å². The van der Waals surface area contributed by atoms with E-state index in [1.807, 2.05) is 0 Å². The summed E-state index contributed by atoms with van der Waals surface area (Å²) in [4.78, 5) is 0. The summed E-state index contributed by atoms with van der Waals surface area (Å²) in [5, 5.41) is 5.87. The van der Waals surface area contributed by atoms with Gasteiger partial charge < -0.3 is 24.8 Å². The molecule has 2 aromatic carbocycles. The minimum atomic E-state index is 0. The molecule has 0 amide bonds. The molecule has 0 atom stereocenters. The Kier molecular flexibility index (Phi) is 9.02. The minimum absolute atomic E-state index is 0. The molecule has 0 heterocycles. The first kappa shape index (κ1) is 31.3. The topological polar surface area (TPSA) is 0 Å². The standard InChI is InChI=1S/C33H41.2ClH.Zr/c1-20(2)26-28-24-17-16-23(31(3,4)5)18-22(24)19-25(28)27(21-14-12-13-15-21)30(33(9,10)11)29(26)32(6,7)8;;;/h12-14,16-18H,15H2,1-11H3;2*1H;/q;;;+2/p-2. The number of hydrogen-bond donors (Lipinski definition) is 0. The van der Waals surface area contributed by atoms with Crippen molar-refractivity contribution in [1.29, 1.82) is 0 Å². The van der Waals surface area contributed by atoms with Gasteiger partial charge >= 0.3 is 223 Å². The molecule has 0 N–H and O–H groups in total. The molecule has 2 aliphatic rings. The first-order valence-corrected chi connectivity index (χ1v) is 13.9. The fraction of sp³-hybridized carbons (Fsp3) is 0.455. The average Bonchev–Trinajstić information content (AvgIpc) is 3.31. The fourth-order valence-corrected chi connectivity index (χ4v) is 6.92. The normalized spacial score (nSPS) is 14.7. The minimum Gasteiger partial charge on any atom is -1.00 e. The third-order valence-corrected chi connectivity index (χ3v) is 8.54. The van der Waals surface area contributed by atoms with Crippen LogP contribution in [0.25, 0.3) is 14.4 Å². The van der Waals surface area contributed by atoms with Crippen LogP contribution < -0.4 is 35.3 Å². The van der Waals surface area contributed by atoms with E-state index in [-0.39, 0.29) is 41.1 Å². The zero-order chi connectivity index (χ0) is 25.4. The van der Waals surface area contributed by atoms with Crippen LogP contribution in [0.2, 0.25) is 0 Å². The molecule has 0 unspecified atom stereocenters. The molecule has 0 saturated carbocycles. The van der Waals surface area contributed by atoms with Crippen LogP contribution in [0.3, 0.4) is 0 Å². The summed E-state index contributed by atoms with van der Waals surface area (Å²) in [6.07, 6.45) is 7.96. The third-order valence-electron chi connectivity index (χ3n) is 7.27. The van der Waals surface area contributed by atoms with Crippen molar-refractivity contribution in [2.45, 2.75) is 98.8 Å². The van der Waals surface area contributed by atoms with Crippen molar-refractivity contribution >= 4 is 14.4 Å². The van der Waals surface area contributed by atoms with Crippen LogP contribution in [0, 0.1) is 10.4 Å². The zero-order valence-electron chi connectivity index (χ0n) is 23.9. The summed E-state index contributed by atoms with van der Waals surface area (Å²) in [6.45, 7) is 26.1. The molecule has 4 rings (SSSR count). The van der Waals surface area contributed by atoms with Crippen molar-refractivity contribution < 1.29 is 49.5 Å². The van der Waals surface area contributed by atoms with E-state index in [4.69, 9.17) is 0 Å². The summed E-state index contributed by atoms with van der Waals surface area (Å²) < 4.78 is 1.53. The van der Waals surface area contributed by atoms with Gasteiger partial charge in [0.15, 0.2) is 0 Å². The first-order chi connectivity index (χ1) is 15.5. The molecule has 0 aromatic heterocycles.